The lowest BCUT2D eigenvalue weighted by Crippen LogP contribution is -2.33. The summed E-state index contributed by atoms with van der Waals surface area (Å²) in [5, 5.41) is 10.8. The smallest absolute Gasteiger partial charge is 0.187 e. The fourth-order valence-electron chi connectivity index (χ4n) is 2.09. The average Bonchev–Trinajstić information content (AvgIpc) is 2.80. The molecule has 0 saturated heterocycles. The van der Waals surface area contributed by atoms with Crippen molar-refractivity contribution in [2.45, 2.75) is 26.2 Å². The fourth-order valence-corrected chi connectivity index (χ4v) is 2.09. The number of aromatic nitrogens is 2. The first kappa shape index (κ1) is 9.97. The number of fused-ring (bicyclic) bond motifs is 1. The van der Waals surface area contributed by atoms with E-state index in [1.165, 1.54) is 17.7 Å². The Morgan fingerprint density at radius 1 is 1.67 bits per heavy atom. The maximum atomic E-state index is 5.32. The average molecular weight is 208 g/mol. The summed E-state index contributed by atoms with van der Waals surface area (Å²) in [6.45, 7) is 2.20. The third kappa shape index (κ3) is 1.56. The van der Waals surface area contributed by atoms with Crippen molar-refractivity contribution in [1.29, 1.82) is 0 Å². The monoisotopic (exact) mass is 208 g/mol. The summed E-state index contributed by atoms with van der Waals surface area (Å²) >= 11 is 0. The fraction of sp³-hybridized carbons (Fsp3) is 0.556. The van der Waals surface area contributed by atoms with Crippen LogP contribution in [0.2, 0.25) is 0 Å². The minimum absolute atomic E-state index is 0.434. The number of hydrogen-bond acceptors (Lipinski definition) is 4. The maximum absolute atomic E-state index is 5.32. The number of rotatable bonds is 2. The van der Waals surface area contributed by atoms with Gasteiger partial charge in [-0.05, 0) is 18.8 Å². The van der Waals surface area contributed by atoms with Crippen LogP contribution in [-0.4, -0.2) is 16.0 Å². The van der Waals surface area contributed by atoms with Crippen LogP contribution in [0.3, 0.4) is 0 Å². The Bertz CT molecular complexity index is 380. The highest BCUT2D eigenvalue weighted by Crippen LogP contribution is 2.29. The molecule has 1 aromatic rings. The Morgan fingerprint density at radius 3 is 3.07 bits per heavy atom. The summed E-state index contributed by atoms with van der Waals surface area (Å²) in [4.78, 5) is 0. The van der Waals surface area contributed by atoms with Gasteiger partial charge in [-0.1, -0.05) is 13.3 Å². The van der Waals surface area contributed by atoms with Crippen molar-refractivity contribution in [3.8, 4) is 0 Å². The van der Waals surface area contributed by atoms with E-state index in [0.717, 1.165) is 18.5 Å². The summed E-state index contributed by atoms with van der Waals surface area (Å²) in [6.07, 6.45) is 3.26. The molecule has 6 N–H and O–H groups in total. The molecule has 1 atom stereocenters. The van der Waals surface area contributed by atoms with Crippen LogP contribution < -0.4 is 17.1 Å². The molecule has 82 valence electrons. The molecule has 0 spiro atoms. The van der Waals surface area contributed by atoms with E-state index in [0.29, 0.717) is 11.8 Å². The van der Waals surface area contributed by atoms with Crippen LogP contribution in [0.5, 0.6) is 0 Å². The molecule has 0 radical (unpaired) electrons. The number of hydrazone groups is 1. The molecule has 1 aliphatic carbocycles. The molecule has 6 heteroatoms. The van der Waals surface area contributed by atoms with Crippen LogP contribution in [0.4, 0.5) is 0 Å². The number of nitrogens with one attached hydrogen (secondary N) is 2. The lowest BCUT2D eigenvalue weighted by Gasteiger charge is -2.05. The molecule has 0 bridgehead atoms. The molecule has 0 fully saturated rings. The van der Waals surface area contributed by atoms with Crippen molar-refractivity contribution in [3.05, 3.63) is 17.0 Å². The number of nitrogens with two attached hydrogens (primary N) is 2. The molecule has 2 rings (SSSR count). The summed E-state index contributed by atoms with van der Waals surface area (Å²) in [5.41, 5.74) is 5.60. The van der Waals surface area contributed by atoms with Crippen molar-refractivity contribution >= 4 is 5.84 Å². The van der Waals surface area contributed by atoms with Gasteiger partial charge in [-0.2, -0.15) is 10.2 Å². The van der Waals surface area contributed by atoms with Gasteiger partial charge in [-0.15, -0.1) is 0 Å². The third-order valence-electron chi connectivity index (χ3n) is 3.01. The van der Waals surface area contributed by atoms with E-state index >= 15 is 0 Å². The van der Waals surface area contributed by atoms with E-state index in [2.05, 4.69) is 27.6 Å². The maximum Gasteiger partial charge on any atom is 0.187 e. The highest BCUT2D eigenvalue weighted by Gasteiger charge is 2.27. The molecule has 0 aromatic carbocycles. The van der Waals surface area contributed by atoms with E-state index in [4.69, 9.17) is 11.7 Å². The van der Waals surface area contributed by atoms with Gasteiger partial charge in [0.15, 0.2) is 5.84 Å². The first-order chi connectivity index (χ1) is 7.30. The van der Waals surface area contributed by atoms with Crippen LogP contribution in [0.15, 0.2) is 5.10 Å². The first-order valence-electron chi connectivity index (χ1n) is 5.11. The number of hydrogen-bond donors (Lipinski definition) is 4. The minimum atomic E-state index is 0.434. The molecule has 0 amide bonds. The van der Waals surface area contributed by atoms with Crippen LogP contribution in [-0.2, 0) is 12.8 Å². The Hall–Kier alpha value is -1.56. The molecule has 0 saturated carbocycles. The zero-order valence-corrected chi connectivity index (χ0v) is 8.75. The summed E-state index contributed by atoms with van der Waals surface area (Å²) < 4.78 is 0. The predicted molar refractivity (Wildman–Crippen MR) is 57.8 cm³/mol. The van der Waals surface area contributed by atoms with Crippen LogP contribution in [0, 0.1) is 5.92 Å². The molecule has 1 unspecified atom stereocenters. The second kappa shape index (κ2) is 3.90. The molecule has 15 heavy (non-hydrogen) atoms. The molecular formula is C9H16N6. The number of H-pyrrole nitrogens is 1. The molecule has 1 aliphatic rings. The normalized spacial score (nSPS) is 20.4. The van der Waals surface area contributed by atoms with Crippen molar-refractivity contribution < 1.29 is 0 Å². The highest BCUT2D eigenvalue weighted by atomic mass is 15.3. The summed E-state index contributed by atoms with van der Waals surface area (Å²) in [6, 6.07) is 0. The van der Waals surface area contributed by atoms with Gasteiger partial charge >= 0.3 is 0 Å². The van der Waals surface area contributed by atoms with Crippen molar-refractivity contribution in [3.63, 3.8) is 0 Å². The second-order valence-electron chi connectivity index (χ2n) is 3.83. The van der Waals surface area contributed by atoms with E-state index in [1.807, 2.05) is 0 Å². The Balaban J connectivity index is 2.31. The van der Waals surface area contributed by atoms with Crippen LogP contribution in [0.1, 0.15) is 30.3 Å². The zero-order valence-electron chi connectivity index (χ0n) is 8.75. The van der Waals surface area contributed by atoms with Crippen LogP contribution >= 0.6 is 0 Å². The molecule has 0 aliphatic heterocycles. The van der Waals surface area contributed by atoms with Gasteiger partial charge in [0.1, 0.15) is 5.69 Å². The number of nitrogens with zero attached hydrogens (tertiary/aromatic N) is 2. The zero-order chi connectivity index (χ0) is 10.8. The second-order valence-corrected chi connectivity index (χ2v) is 3.83. The number of aromatic amines is 1. The predicted octanol–water partition coefficient (Wildman–Crippen LogP) is -0.382. The first-order valence-corrected chi connectivity index (χ1v) is 5.11. The number of amidine groups is 1. The quantitative estimate of drug-likeness (QED) is 0.230. The molecule has 1 aromatic heterocycles. The van der Waals surface area contributed by atoms with Gasteiger partial charge in [-0.25, -0.2) is 5.84 Å². The largest absolute Gasteiger partial charge is 0.321 e. The standard InChI is InChI=1S/C9H16N6/c1-2-5-3-6-7(4-5)14-15-8(6)9(12-10)13-11/h5H,2-4,10-11H2,1H3,(H,12,13)(H,14,15). The van der Waals surface area contributed by atoms with E-state index in [1.54, 1.807) is 0 Å². The molecule has 6 nitrogen and oxygen atoms in total. The van der Waals surface area contributed by atoms with Gasteiger partial charge in [0.2, 0.25) is 0 Å². The molecule has 1 heterocycles. The number of hydrazine groups is 1. The van der Waals surface area contributed by atoms with Crippen molar-refractivity contribution in [2.24, 2.45) is 22.7 Å². The van der Waals surface area contributed by atoms with Gasteiger partial charge in [0.25, 0.3) is 0 Å². The summed E-state index contributed by atoms with van der Waals surface area (Å²) in [7, 11) is 0. The lowest BCUT2D eigenvalue weighted by atomic mass is 10.0. The van der Waals surface area contributed by atoms with Gasteiger partial charge < -0.3 is 11.3 Å². The van der Waals surface area contributed by atoms with Crippen molar-refractivity contribution in [2.75, 3.05) is 0 Å². The Kier molecular flexibility index (Phi) is 2.59. The van der Waals surface area contributed by atoms with E-state index in [9.17, 15) is 0 Å². The third-order valence-corrected chi connectivity index (χ3v) is 3.01. The van der Waals surface area contributed by atoms with E-state index in [-0.39, 0.29) is 0 Å². The SMILES string of the molecule is CCC1Cc2[nH]nc(/C(=N/N)NN)c2C1. The van der Waals surface area contributed by atoms with E-state index < -0.39 is 0 Å². The summed E-state index contributed by atoms with van der Waals surface area (Å²) in [5.74, 6) is 11.7. The van der Waals surface area contributed by atoms with Crippen LogP contribution in [0.25, 0.3) is 0 Å². The van der Waals surface area contributed by atoms with Crippen molar-refractivity contribution in [1.82, 2.24) is 15.6 Å². The Morgan fingerprint density at radius 2 is 2.47 bits per heavy atom. The highest BCUT2D eigenvalue weighted by molar-refractivity contribution is 5.98. The van der Waals surface area contributed by atoms with Gasteiger partial charge in [0.05, 0.1) is 0 Å². The van der Waals surface area contributed by atoms with Gasteiger partial charge in [0, 0.05) is 11.3 Å². The Labute approximate surface area is 88.1 Å². The minimum Gasteiger partial charge on any atom is -0.321 e. The van der Waals surface area contributed by atoms with Gasteiger partial charge in [-0.3, -0.25) is 5.10 Å². The molecular weight excluding hydrogens is 192 g/mol. The lowest BCUT2D eigenvalue weighted by molar-refractivity contribution is 0.535. The topological polar surface area (TPSA) is 105 Å².